The predicted octanol–water partition coefficient (Wildman–Crippen LogP) is 3.56. The zero-order chi connectivity index (χ0) is 16.8. The molecule has 2 heterocycles. The minimum Gasteiger partial charge on any atom is -0.377 e. The number of thiophene rings is 1. The molecule has 1 saturated heterocycles. The van der Waals surface area contributed by atoms with Crippen molar-refractivity contribution in [1.82, 2.24) is 4.31 Å². The standard InChI is InChI=1S/C18H21NO3S2/c1-22-16-13-18(15-6-3-2-5-14(15)16)8-10-19(11-9-18)24(20,21)17-7-4-12-23-17/h2-7,12,16H,8-11,13H2,1H3. The number of piperidine rings is 1. The molecule has 2 aliphatic rings. The molecule has 1 aromatic carbocycles. The summed E-state index contributed by atoms with van der Waals surface area (Å²) in [6.45, 7) is 1.15. The van der Waals surface area contributed by atoms with Crippen LogP contribution in [0, 0.1) is 0 Å². The van der Waals surface area contributed by atoms with Gasteiger partial charge in [0.05, 0.1) is 6.10 Å². The van der Waals surface area contributed by atoms with E-state index in [-0.39, 0.29) is 11.5 Å². The van der Waals surface area contributed by atoms with Crippen LogP contribution in [0.3, 0.4) is 0 Å². The van der Waals surface area contributed by atoms with E-state index >= 15 is 0 Å². The van der Waals surface area contributed by atoms with E-state index in [0.29, 0.717) is 17.3 Å². The molecule has 1 aliphatic heterocycles. The summed E-state index contributed by atoms with van der Waals surface area (Å²) in [5.41, 5.74) is 2.68. The number of hydrogen-bond acceptors (Lipinski definition) is 4. The summed E-state index contributed by atoms with van der Waals surface area (Å²) >= 11 is 1.29. The van der Waals surface area contributed by atoms with Gasteiger partial charge in [-0.25, -0.2) is 8.42 Å². The monoisotopic (exact) mass is 363 g/mol. The van der Waals surface area contributed by atoms with Crippen molar-refractivity contribution in [2.75, 3.05) is 20.2 Å². The van der Waals surface area contributed by atoms with Gasteiger partial charge >= 0.3 is 0 Å². The maximum atomic E-state index is 12.7. The summed E-state index contributed by atoms with van der Waals surface area (Å²) in [7, 11) is -1.58. The van der Waals surface area contributed by atoms with Crippen LogP contribution in [-0.2, 0) is 20.2 Å². The lowest BCUT2D eigenvalue weighted by molar-refractivity contribution is 0.0782. The highest BCUT2D eigenvalue weighted by molar-refractivity contribution is 7.91. The molecular formula is C18H21NO3S2. The fourth-order valence-corrected chi connectivity index (χ4v) is 6.80. The normalized spacial score (nSPS) is 23.5. The summed E-state index contributed by atoms with van der Waals surface area (Å²) in [4.78, 5) is 0. The molecule has 2 aromatic rings. The Bertz CT molecular complexity index is 822. The molecule has 1 aromatic heterocycles. The molecule has 1 unspecified atom stereocenters. The number of rotatable bonds is 3. The van der Waals surface area contributed by atoms with Crippen LogP contribution >= 0.6 is 11.3 Å². The van der Waals surface area contributed by atoms with E-state index in [9.17, 15) is 8.42 Å². The Morgan fingerprint density at radius 1 is 1.17 bits per heavy atom. The Hall–Kier alpha value is -1.21. The van der Waals surface area contributed by atoms with Crippen LogP contribution < -0.4 is 0 Å². The molecule has 0 radical (unpaired) electrons. The first-order valence-electron chi connectivity index (χ1n) is 8.23. The number of ether oxygens (including phenoxy) is 1. The zero-order valence-electron chi connectivity index (χ0n) is 13.6. The van der Waals surface area contributed by atoms with E-state index in [1.807, 2.05) is 5.38 Å². The highest BCUT2D eigenvalue weighted by Gasteiger charge is 2.47. The van der Waals surface area contributed by atoms with Gasteiger partial charge in [-0.15, -0.1) is 11.3 Å². The van der Waals surface area contributed by atoms with E-state index in [1.165, 1.54) is 22.5 Å². The maximum absolute atomic E-state index is 12.7. The number of nitrogens with zero attached hydrogens (tertiary/aromatic N) is 1. The van der Waals surface area contributed by atoms with Gasteiger partial charge in [0, 0.05) is 25.6 Å². The number of fused-ring (bicyclic) bond motifs is 2. The van der Waals surface area contributed by atoms with E-state index < -0.39 is 10.0 Å². The van der Waals surface area contributed by atoms with Crippen molar-refractivity contribution in [3.8, 4) is 0 Å². The second-order valence-electron chi connectivity index (χ2n) is 6.63. The van der Waals surface area contributed by atoms with Crippen molar-refractivity contribution >= 4 is 21.4 Å². The van der Waals surface area contributed by atoms with Crippen LogP contribution in [0.1, 0.15) is 36.5 Å². The lowest BCUT2D eigenvalue weighted by Crippen LogP contribution is -2.44. The predicted molar refractivity (Wildman–Crippen MR) is 94.8 cm³/mol. The van der Waals surface area contributed by atoms with Crippen molar-refractivity contribution in [2.45, 2.75) is 35.0 Å². The molecule has 6 heteroatoms. The van der Waals surface area contributed by atoms with E-state index in [2.05, 4.69) is 24.3 Å². The zero-order valence-corrected chi connectivity index (χ0v) is 15.3. The molecule has 4 nitrogen and oxygen atoms in total. The van der Waals surface area contributed by atoms with Crippen molar-refractivity contribution in [3.63, 3.8) is 0 Å². The van der Waals surface area contributed by atoms with Gasteiger partial charge in [0.25, 0.3) is 10.0 Å². The molecule has 1 aliphatic carbocycles. The van der Waals surface area contributed by atoms with Crippen molar-refractivity contribution in [1.29, 1.82) is 0 Å². The van der Waals surface area contributed by atoms with Gasteiger partial charge in [0.1, 0.15) is 4.21 Å². The maximum Gasteiger partial charge on any atom is 0.252 e. The van der Waals surface area contributed by atoms with Gasteiger partial charge in [0.2, 0.25) is 0 Å². The number of methoxy groups -OCH3 is 1. The molecule has 128 valence electrons. The Morgan fingerprint density at radius 3 is 2.58 bits per heavy atom. The SMILES string of the molecule is COC1CC2(CCN(S(=O)(=O)c3cccs3)CC2)c2ccccc21. The third-order valence-electron chi connectivity index (χ3n) is 5.51. The first-order valence-corrected chi connectivity index (χ1v) is 10.5. The summed E-state index contributed by atoms with van der Waals surface area (Å²) in [5.74, 6) is 0. The number of sulfonamides is 1. The van der Waals surface area contributed by atoms with E-state index in [4.69, 9.17) is 4.74 Å². The molecule has 1 spiro atoms. The summed E-state index contributed by atoms with van der Waals surface area (Å²) in [6.07, 6.45) is 2.79. The first kappa shape index (κ1) is 16.3. The molecule has 24 heavy (non-hydrogen) atoms. The average molecular weight is 364 g/mol. The highest BCUT2D eigenvalue weighted by Crippen LogP contribution is 2.52. The number of benzene rings is 1. The number of hydrogen-bond donors (Lipinski definition) is 0. The molecular weight excluding hydrogens is 342 g/mol. The van der Waals surface area contributed by atoms with Crippen molar-refractivity contribution < 1.29 is 13.2 Å². The van der Waals surface area contributed by atoms with E-state index in [1.54, 1.807) is 23.5 Å². The quantitative estimate of drug-likeness (QED) is 0.838. The fourth-order valence-electron chi connectivity index (χ4n) is 4.21. The van der Waals surface area contributed by atoms with Crippen LogP contribution in [0.25, 0.3) is 0 Å². The van der Waals surface area contributed by atoms with Crippen LogP contribution in [0.2, 0.25) is 0 Å². The summed E-state index contributed by atoms with van der Waals surface area (Å²) in [6, 6.07) is 12.0. The van der Waals surface area contributed by atoms with Gasteiger partial charge in [-0.3, -0.25) is 0 Å². The topological polar surface area (TPSA) is 46.6 Å². The van der Waals surface area contributed by atoms with Crippen LogP contribution in [0.5, 0.6) is 0 Å². The Kier molecular flexibility index (Phi) is 4.03. The highest BCUT2D eigenvalue weighted by atomic mass is 32.2. The largest absolute Gasteiger partial charge is 0.377 e. The lowest BCUT2D eigenvalue weighted by atomic mass is 9.74. The Morgan fingerprint density at radius 2 is 1.92 bits per heavy atom. The minimum absolute atomic E-state index is 0.0543. The molecule has 0 saturated carbocycles. The molecule has 4 rings (SSSR count). The Labute approximate surface area is 147 Å². The smallest absolute Gasteiger partial charge is 0.252 e. The first-order chi connectivity index (χ1) is 11.6. The van der Waals surface area contributed by atoms with Crippen molar-refractivity contribution in [2.24, 2.45) is 0 Å². The van der Waals surface area contributed by atoms with Gasteiger partial charge in [-0.05, 0) is 41.8 Å². The van der Waals surface area contributed by atoms with Gasteiger partial charge in [-0.1, -0.05) is 30.3 Å². The molecule has 0 amide bonds. The van der Waals surface area contributed by atoms with Gasteiger partial charge in [-0.2, -0.15) is 4.31 Å². The van der Waals surface area contributed by atoms with Gasteiger partial charge in [0.15, 0.2) is 0 Å². The molecule has 0 N–H and O–H groups in total. The third-order valence-corrected chi connectivity index (χ3v) is 8.78. The second kappa shape index (κ2) is 5.95. The molecule has 0 bridgehead atoms. The average Bonchev–Trinajstić information content (AvgIpc) is 3.24. The van der Waals surface area contributed by atoms with E-state index in [0.717, 1.165) is 19.3 Å². The summed E-state index contributed by atoms with van der Waals surface area (Å²) < 4.78 is 33.2. The molecule has 1 atom stereocenters. The third kappa shape index (κ3) is 2.44. The second-order valence-corrected chi connectivity index (χ2v) is 9.74. The van der Waals surface area contributed by atoms with Crippen molar-refractivity contribution in [3.05, 3.63) is 52.9 Å². The fraction of sp³-hybridized carbons (Fsp3) is 0.444. The Balaban J connectivity index is 1.59. The van der Waals surface area contributed by atoms with Crippen LogP contribution in [0.15, 0.2) is 46.0 Å². The molecule has 1 fully saturated rings. The lowest BCUT2D eigenvalue weighted by Gasteiger charge is -2.39. The van der Waals surface area contributed by atoms with Gasteiger partial charge < -0.3 is 4.74 Å². The van der Waals surface area contributed by atoms with Crippen LogP contribution in [-0.4, -0.2) is 32.9 Å². The summed E-state index contributed by atoms with van der Waals surface area (Å²) in [5, 5.41) is 1.81. The minimum atomic E-state index is -3.34. The van der Waals surface area contributed by atoms with Crippen LogP contribution in [0.4, 0.5) is 0 Å².